The Hall–Kier alpha value is -2.49. The summed E-state index contributed by atoms with van der Waals surface area (Å²) in [6.07, 6.45) is 1.83. The number of benzene rings is 3. The molecule has 0 amide bonds. The molecule has 45 heavy (non-hydrogen) atoms. The van der Waals surface area contributed by atoms with Crippen LogP contribution in [-0.4, -0.2) is 17.1 Å². The molecule has 3 aromatic carbocycles. The van der Waals surface area contributed by atoms with Gasteiger partial charge in [0, 0.05) is 19.6 Å². The first-order chi connectivity index (χ1) is 21.7. The smallest absolute Gasteiger partial charge is 0.338 e. The van der Waals surface area contributed by atoms with Gasteiger partial charge < -0.3 is 9.47 Å². The molecule has 5 aromatic rings. The standard InChI is InChI=1S/C33H22Cl2I2N2O4S2/c1-2-42-32(41)27-28(19-7-4-3-5-8-19)38-33-39(29(27)25-9-6-12-44-25)31(40)26(45-33)15-20-14-21(36)16-24(37)30(20)43-17-18-10-11-22(34)23(35)13-18/h3-16,29H,2,17H2,1H3/b26-15-/t29-/m1/s1. The molecule has 6 rings (SSSR count). The molecule has 0 aliphatic carbocycles. The van der Waals surface area contributed by atoms with Crippen molar-refractivity contribution in [3.05, 3.63) is 142 Å². The Morgan fingerprint density at radius 1 is 1.04 bits per heavy atom. The van der Waals surface area contributed by atoms with Gasteiger partial charge in [-0.1, -0.05) is 77.0 Å². The van der Waals surface area contributed by atoms with E-state index in [1.54, 1.807) is 23.6 Å². The molecule has 1 aliphatic heterocycles. The second-order valence-corrected chi connectivity index (χ2v) is 15.0. The molecule has 3 heterocycles. The summed E-state index contributed by atoms with van der Waals surface area (Å²) in [5.41, 5.74) is 2.95. The lowest BCUT2D eigenvalue weighted by atomic mass is 9.97. The molecule has 0 spiro atoms. The number of nitrogens with zero attached hydrogens (tertiary/aromatic N) is 2. The molecule has 0 saturated carbocycles. The lowest BCUT2D eigenvalue weighted by Gasteiger charge is -2.24. The van der Waals surface area contributed by atoms with Crippen LogP contribution in [0.2, 0.25) is 10.0 Å². The maximum atomic E-state index is 14.3. The number of aromatic nitrogens is 1. The molecular formula is C33H22Cl2I2N2O4S2. The number of halogens is 4. The number of carbonyl (C=O) groups is 1. The summed E-state index contributed by atoms with van der Waals surface area (Å²) >= 11 is 19.6. The lowest BCUT2D eigenvalue weighted by molar-refractivity contribution is -0.138. The lowest BCUT2D eigenvalue weighted by Crippen LogP contribution is -2.39. The normalized spacial score (nSPS) is 14.7. The Balaban J connectivity index is 1.52. The van der Waals surface area contributed by atoms with Gasteiger partial charge in [-0.2, -0.15) is 0 Å². The monoisotopic (exact) mass is 898 g/mol. The molecule has 0 saturated heterocycles. The summed E-state index contributed by atoms with van der Waals surface area (Å²) < 4.78 is 15.8. The van der Waals surface area contributed by atoms with Crippen molar-refractivity contribution < 1.29 is 14.3 Å². The van der Waals surface area contributed by atoms with Crippen LogP contribution >= 0.6 is 91.1 Å². The third-order valence-corrected chi connectivity index (χ3v) is 10.9. The van der Waals surface area contributed by atoms with Gasteiger partial charge in [-0.05, 0) is 99.5 Å². The predicted molar refractivity (Wildman–Crippen MR) is 198 cm³/mol. The maximum Gasteiger partial charge on any atom is 0.338 e. The van der Waals surface area contributed by atoms with E-state index >= 15 is 0 Å². The summed E-state index contributed by atoms with van der Waals surface area (Å²) in [4.78, 5) is 34.1. The minimum absolute atomic E-state index is 0.197. The number of thiophene rings is 1. The highest BCUT2D eigenvalue weighted by Crippen LogP contribution is 2.37. The summed E-state index contributed by atoms with van der Waals surface area (Å²) in [6, 6.07) is 22.0. The predicted octanol–water partition coefficient (Wildman–Crippen LogP) is 8.09. The van der Waals surface area contributed by atoms with Crippen LogP contribution in [0.15, 0.2) is 93.5 Å². The van der Waals surface area contributed by atoms with E-state index in [2.05, 4.69) is 45.2 Å². The van der Waals surface area contributed by atoms with Crippen LogP contribution in [0.5, 0.6) is 5.75 Å². The number of carbonyl (C=O) groups excluding carboxylic acids is 1. The first kappa shape index (κ1) is 32.5. The minimum Gasteiger partial charge on any atom is -0.487 e. The van der Waals surface area contributed by atoms with Gasteiger partial charge in [-0.15, -0.1) is 11.3 Å². The summed E-state index contributed by atoms with van der Waals surface area (Å²) in [7, 11) is 0. The van der Waals surface area contributed by atoms with Crippen LogP contribution in [0, 0.1) is 7.14 Å². The Morgan fingerprint density at radius 2 is 1.84 bits per heavy atom. The van der Waals surface area contributed by atoms with E-state index in [0.717, 1.165) is 28.7 Å². The highest BCUT2D eigenvalue weighted by molar-refractivity contribution is 14.1. The zero-order chi connectivity index (χ0) is 31.7. The van der Waals surface area contributed by atoms with E-state index in [-0.39, 0.29) is 18.8 Å². The van der Waals surface area contributed by atoms with Crippen LogP contribution < -0.4 is 19.6 Å². The quantitative estimate of drug-likeness (QED) is 0.117. The number of ether oxygens (including phenoxy) is 2. The molecule has 2 aromatic heterocycles. The van der Waals surface area contributed by atoms with Gasteiger partial charge in [0.1, 0.15) is 18.4 Å². The Morgan fingerprint density at radius 3 is 2.56 bits per heavy atom. The fourth-order valence-corrected chi connectivity index (χ4v) is 9.10. The summed E-state index contributed by atoms with van der Waals surface area (Å²) in [5, 5.41) is 2.86. The van der Waals surface area contributed by atoms with Crippen molar-refractivity contribution in [2.75, 3.05) is 6.61 Å². The number of thiazole rings is 1. The first-order valence-corrected chi connectivity index (χ1v) is 18.2. The second-order valence-electron chi connectivity index (χ2n) is 9.79. The van der Waals surface area contributed by atoms with E-state index in [1.807, 2.05) is 72.1 Å². The first-order valence-electron chi connectivity index (χ1n) is 13.6. The molecule has 228 valence electrons. The fraction of sp³-hybridized carbons (Fsp3) is 0.121. The number of hydrogen-bond donors (Lipinski definition) is 0. The maximum absolute atomic E-state index is 14.3. The average molecular weight is 899 g/mol. The number of hydrogen-bond acceptors (Lipinski definition) is 7. The molecule has 1 atom stereocenters. The van der Waals surface area contributed by atoms with Gasteiger partial charge in [-0.25, -0.2) is 9.79 Å². The van der Waals surface area contributed by atoms with Gasteiger partial charge in [0.15, 0.2) is 4.80 Å². The van der Waals surface area contributed by atoms with E-state index in [4.69, 9.17) is 37.7 Å². The SMILES string of the molecule is CCOC(=O)C1=C(c2ccccc2)N=c2s/c(=C\c3cc(I)cc(I)c3OCc3ccc(Cl)c(Cl)c3)c(=O)n2[C@@H]1c1cccs1. The molecular weight excluding hydrogens is 877 g/mol. The molecule has 6 nitrogen and oxygen atoms in total. The average Bonchev–Trinajstić information content (AvgIpc) is 3.66. The van der Waals surface area contributed by atoms with Crippen molar-refractivity contribution >= 4 is 109 Å². The number of esters is 1. The third kappa shape index (κ3) is 6.82. The van der Waals surface area contributed by atoms with E-state index < -0.39 is 12.0 Å². The van der Waals surface area contributed by atoms with Crippen LogP contribution in [0.25, 0.3) is 11.8 Å². The molecule has 0 radical (unpaired) electrons. The second kappa shape index (κ2) is 14.1. The van der Waals surface area contributed by atoms with Gasteiger partial charge in [0.2, 0.25) is 0 Å². The Kier molecular flexibility index (Phi) is 10.2. The van der Waals surface area contributed by atoms with E-state index in [0.29, 0.717) is 36.4 Å². The summed E-state index contributed by atoms with van der Waals surface area (Å²) in [6.45, 7) is 2.22. The minimum atomic E-state index is -0.695. The summed E-state index contributed by atoms with van der Waals surface area (Å²) in [5.74, 6) is 0.137. The van der Waals surface area contributed by atoms with Crippen molar-refractivity contribution in [3.8, 4) is 5.75 Å². The zero-order valence-electron chi connectivity index (χ0n) is 23.4. The molecule has 0 unspecified atom stereocenters. The zero-order valence-corrected chi connectivity index (χ0v) is 30.9. The fourth-order valence-electron chi connectivity index (χ4n) is 4.92. The largest absolute Gasteiger partial charge is 0.487 e. The van der Waals surface area contributed by atoms with Crippen LogP contribution in [-0.2, 0) is 16.1 Å². The van der Waals surface area contributed by atoms with Crippen LogP contribution in [0.3, 0.4) is 0 Å². The van der Waals surface area contributed by atoms with Crippen LogP contribution in [0.4, 0.5) is 0 Å². The van der Waals surface area contributed by atoms with E-state index in [9.17, 15) is 9.59 Å². The molecule has 12 heteroatoms. The Bertz CT molecular complexity index is 2130. The number of rotatable bonds is 8. The Labute approximate surface area is 303 Å². The molecule has 0 N–H and O–H groups in total. The van der Waals surface area contributed by atoms with Gasteiger partial charge in [0.25, 0.3) is 5.56 Å². The van der Waals surface area contributed by atoms with Crippen molar-refractivity contribution in [3.63, 3.8) is 0 Å². The van der Waals surface area contributed by atoms with Crippen molar-refractivity contribution in [2.24, 2.45) is 4.99 Å². The van der Waals surface area contributed by atoms with Crippen molar-refractivity contribution in [1.82, 2.24) is 4.57 Å². The topological polar surface area (TPSA) is 69.9 Å². The highest BCUT2D eigenvalue weighted by atomic mass is 127. The highest BCUT2D eigenvalue weighted by Gasteiger charge is 2.35. The van der Waals surface area contributed by atoms with Crippen molar-refractivity contribution in [2.45, 2.75) is 19.6 Å². The van der Waals surface area contributed by atoms with Gasteiger partial charge in [-0.3, -0.25) is 9.36 Å². The molecule has 0 fully saturated rings. The molecule has 1 aliphatic rings. The third-order valence-electron chi connectivity index (χ3n) is 6.88. The molecule has 0 bridgehead atoms. The van der Waals surface area contributed by atoms with Crippen molar-refractivity contribution in [1.29, 1.82) is 0 Å². The van der Waals surface area contributed by atoms with Gasteiger partial charge >= 0.3 is 5.97 Å². The van der Waals surface area contributed by atoms with E-state index in [1.165, 1.54) is 22.7 Å². The van der Waals surface area contributed by atoms with Gasteiger partial charge in [0.05, 0.1) is 36.0 Å². The number of fused-ring (bicyclic) bond motifs is 1. The van der Waals surface area contributed by atoms with Crippen LogP contribution in [0.1, 0.15) is 34.5 Å².